The van der Waals surface area contributed by atoms with Gasteiger partial charge in [0.1, 0.15) is 18.3 Å². The van der Waals surface area contributed by atoms with Crippen LogP contribution in [-0.4, -0.2) is 48.1 Å². The van der Waals surface area contributed by atoms with Crippen LogP contribution < -0.4 is 10.6 Å². The van der Waals surface area contributed by atoms with Crippen molar-refractivity contribution in [3.05, 3.63) is 116 Å². The van der Waals surface area contributed by atoms with Crippen LogP contribution in [0.4, 0.5) is 4.79 Å². The first kappa shape index (κ1) is 51.8. The van der Waals surface area contributed by atoms with E-state index in [1.165, 1.54) is 7.14 Å². The second-order valence-electron chi connectivity index (χ2n) is 12.4. The van der Waals surface area contributed by atoms with Crippen LogP contribution in [0.25, 0.3) is 22.5 Å². The Balaban J connectivity index is 0.000000479. The number of imidazole rings is 2. The topological polar surface area (TPSA) is 120 Å². The fourth-order valence-electron chi connectivity index (χ4n) is 5.10. The van der Waals surface area contributed by atoms with E-state index in [0.29, 0.717) is 37.4 Å². The molecule has 10 nitrogen and oxygen atoms in total. The third kappa shape index (κ3) is 18.5. The normalized spacial score (nSPS) is 11.2. The number of aromatic nitrogens is 4. The monoisotopic (exact) mass is 1060 g/mol. The lowest BCUT2D eigenvalue weighted by Crippen LogP contribution is -2.28. The number of amides is 2. The Kier molecular flexibility index (Phi) is 25.0. The first-order valence-electron chi connectivity index (χ1n) is 17.5. The van der Waals surface area contributed by atoms with Crippen molar-refractivity contribution in [3.63, 3.8) is 0 Å². The predicted molar refractivity (Wildman–Crippen MR) is 252 cm³/mol. The van der Waals surface area contributed by atoms with Gasteiger partial charge in [0.2, 0.25) is 11.1 Å². The second kappa shape index (κ2) is 27.5. The van der Waals surface area contributed by atoms with Gasteiger partial charge < -0.3 is 24.5 Å². The average molecular weight is 1070 g/mol. The van der Waals surface area contributed by atoms with Gasteiger partial charge in [-0.15, -0.1) is 23.2 Å². The van der Waals surface area contributed by atoms with Gasteiger partial charge in [0.15, 0.2) is 0 Å². The molecule has 3 aromatic carbocycles. The summed E-state index contributed by atoms with van der Waals surface area (Å²) in [4.78, 5) is 43.1. The molecule has 15 heteroatoms. The number of rotatable bonds is 14. The lowest BCUT2D eigenvalue weighted by atomic mass is 10.2. The summed E-state index contributed by atoms with van der Waals surface area (Å²) < 4.78 is 11.5. The molecule has 0 radical (unpaired) electrons. The first-order chi connectivity index (χ1) is 26.3. The van der Waals surface area contributed by atoms with E-state index in [0.717, 1.165) is 39.7 Å². The number of alkyl carbamates (subject to hydrolysis) is 1. The molecule has 5 rings (SSSR count). The molecule has 2 aromatic heterocycles. The van der Waals surface area contributed by atoms with Crippen LogP contribution in [0.15, 0.2) is 91.3 Å². The molecule has 0 unspecified atom stereocenters. The maximum Gasteiger partial charge on any atom is 0.408 e. The summed E-state index contributed by atoms with van der Waals surface area (Å²) in [5.74, 6) is 2.63. The molecule has 5 aromatic rings. The van der Waals surface area contributed by atoms with Crippen LogP contribution in [0.1, 0.15) is 83.7 Å². The molecule has 0 fully saturated rings. The number of carbonyl (C=O) groups is 3. The minimum atomic E-state index is -0.458. The van der Waals surface area contributed by atoms with Crippen LogP contribution in [0.5, 0.6) is 0 Å². The van der Waals surface area contributed by atoms with E-state index < -0.39 is 6.09 Å². The minimum Gasteiger partial charge on any atom is -0.445 e. The summed E-state index contributed by atoms with van der Waals surface area (Å²) in [5.41, 5.74) is 4.86. The Morgan fingerprint density at radius 3 is 1.56 bits per heavy atom. The Labute approximate surface area is 380 Å². The summed E-state index contributed by atoms with van der Waals surface area (Å²) in [6.45, 7) is 4.08. The highest BCUT2D eigenvalue weighted by Crippen LogP contribution is 2.23. The van der Waals surface area contributed by atoms with Gasteiger partial charge in [0.05, 0.1) is 23.5 Å². The van der Waals surface area contributed by atoms with E-state index in [4.69, 9.17) is 39.5 Å². The van der Waals surface area contributed by atoms with E-state index in [2.05, 4.69) is 90.0 Å². The molecule has 310 valence electrons. The van der Waals surface area contributed by atoms with E-state index in [1.54, 1.807) is 0 Å². The lowest BCUT2D eigenvalue weighted by molar-refractivity contribution is -0.121. The highest BCUT2D eigenvalue weighted by Gasteiger charge is 2.18. The quantitative estimate of drug-likeness (QED) is 0.0649. The van der Waals surface area contributed by atoms with Crippen molar-refractivity contribution < 1.29 is 19.1 Å². The molecule has 0 aliphatic rings. The number of ether oxygens (including phenoxy) is 1. The zero-order valence-corrected chi connectivity index (χ0v) is 37.7. The van der Waals surface area contributed by atoms with Gasteiger partial charge in [-0.1, -0.05) is 69.5 Å². The fraction of sp³-hybridized carbons (Fsp3) is 0.357. The van der Waals surface area contributed by atoms with Crippen LogP contribution in [0, 0.1) is 7.14 Å². The molecule has 0 aliphatic carbocycles. The Morgan fingerprint density at radius 2 is 1.14 bits per heavy atom. The van der Waals surface area contributed by atoms with Crippen molar-refractivity contribution in [2.24, 2.45) is 14.1 Å². The summed E-state index contributed by atoms with van der Waals surface area (Å²) in [7, 11) is 3.87. The summed E-state index contributed by atoms with van der Waals surface area (Å²) in [6, 6.07) is 25.6. The Bertz CT molecular complexity index is 1940. The maximum atomic E-state index is 12.1. The summed E-state index contributed by atoms with van der Waals surface area (Å²) in [6.07, 6.45) is 5.70. The van der Waals surface area contributed by atoms with Crippen molar-refractivity contribution >= 4 is 97.2 Å². The fourth-order valence-corrected chi connectivity index (χ4v) is 6.22. The number of halogens is 5. The highest BCUT2D eigenvalue weighted by atomic mass is 127. The molecule has 0 saturated heterocycles. The standard InChI is InChI=1S/C20H20IN3O2.C16H19ClIN3O.C4H6Cl2O.2CH4/c1-14(22-20(25)26-13-15-6-4-3-5-7-15)19-23-18(12-24(19)2)16-8-10-17(21)11-9-16;1-11(19-15(22)4-3-9-17)16-20-14(10-21(16)2)12-5-7-13(18)8-6-12;5-3-1-2-4(6)7;;/h3-12,14H,13H2,1-2H3,(H,22,25);5-8,10-11H,3-4,9H2,1-2H3,(H,19,22);1-3H2;2*1H4/t14-;11-;;;/m11.../s1. The number of alkyl halides is 2. The van der Waals surface area contributed by atoms with Crippen molar-refractivity contribution in [1.29, 1.82) is 0 Å². The van der Waals surface area contributed by atoms with Crippen LogP contribution in [0.3, 0.4) is 0 Å². The number of aryl methyl sites for hydroxylation is 2. The molecule has 2 heterocycles. The van der Waals surface area contributed by atoms with Gasteiger partial charge in [-0.2, -0.15) is 0 Å². The lowest BCUT2D eigenvalue weighted by Gasteiger charge is -2.13. The van der Waals surface area contributed by atoms with Gasteiger partial charge in [-0.3, -0.25) is 9.59 Å². The molecule has 0 bridgehead atoms. The smallest absolute Gasteiger partial charge is 0.408 e. The van der Waals surface area contributed by atoms with Gasteiger partial charge in [-0.05, 0) is 113 Å². The summed E-state index contributed by atoms with van der Waals surface area (Å²) in [5, 5.41) is 5.49. The van der Waals surface area contributed by atoms with E-state index in [9.17, 15) is 14.4 Å². The van der Waals surface area contributed by atoms with Crippen LogP contribution in [-0.2, 0) is 35.0 Å². The molecule has 2 N–H and O–H groups in total. The number of nitrogens with one attached hydrogen (secondary N) is 2. The molecule has 2 amide bonds. The zero-order valence-electron chi connectivity index (χ0n) is 31.1. The average Bonchev–Trinajstić information content (AvgIpc) is 3.76. The van der Waals surface area contributed by atoms with Gasteiger partial charge in [0.25, 0.3) is 0 Å². The first-order valence-corrected chi connectivity index (χ1v) is 21.1. The molecular weight excluding hydrogens is 1010 g/mol. The molecule has 57 heavy (non-hydrogen) atoms. The van der Waals surface area contributed by atoms with E-state index in [1.807, 2.05) is 104 Å². The number of hydrogen-bond acceptors (Lipinski definition) is 6. The minimum absolute atomic E-state index is 0. The molecule has 0 spiro atoms. The van der Waals surface area contributed by atoms with Crippen molar-refractivity contribution in [3.8, 4) is 22.5 Å². The molecule has 2 atom stereocenters. The largest absolute Gasteiger partial charge is 0.445 e. The Morgan fingerprint density at radius 1 is 0.702 bits per heavy atom. The van der Waals surface area contributed by atoms with Gasteiger partial charge >= 0.3 is 6.09 Å². The van der Waals surface area contributed by atoms with Gasteiger partial charge in [-0.25, -0.2) is 14.8 Å². The predicted octanol–water partition coefficient (Wildman–Crippen LogP) is 11.6. The zero-order chi connectivity index (χ0) is 40.3. The number of benzene rings is 3. The Hall–Kier alpha value is -3.18. The van der Waals surface area contributed by atoms with E-state index >= 15 is 0 Å². The molecule has 0 aliphatic heterocycles. The molecular formula is C42H53Cl3I2N6O4. The maximum absolute atomic E-state index is 12.1. The van der Waals surface area contributed by atoms with Crippen molar-refractivity contribution in [2.75, 3.05) is 11.8 Å². The van der Waals surface area contributed by atoms with Crippen molar-refractivity contribution in [1.82, 2.24) is 29.7 Å². The van der Waals surface area contributed by atoms with Crippen LogP contribution >= 0.6 is 80.0 Å². The van der Waals surface area contributed by atoms with Crippen LogP contribution in [0.2, 0.25) is 0 Å². The summed E-state index contributed by atoms with van der Waals surface area (Å²) >= 11 is 20.4. The number of carbonyl (C=O) groups excluding carboxylic acids is 3. The second-order valence-corrected chi connectivity index (χ2v) is 16.0. The van der Waals surface area contributed by atoms with E-state index in [-0.39, 0.29) is 44.7 Å². The third-order valence-electron chi connectivity index (χ3n) is 7.85. The SMILES string of the molecule is C.C.C[C@@H](NC(=O)CCCCl)c1nc(-c2ccc(I)cc2)cn1C.C[C@@H](NC(=O)OCc1ccccc1)c1nc(-c2ccc(I)cc2)cn1C.O=C(Cl)CCCCl. The highest BCUT2D eigenvalue weighted by molar-refractivity contribution is 14.1. The van der Waals surface area contributed by atoms with Gasteiger partial charge in [0, 0.05) is 69.4 Å². The molecule has 0 saturated carbocycles. The number of nitrogens with zero attached hydrogens (tertiary/aromatic N) is 4. The number of hydrogen-bond donors (Lipinski definition) is 2. The van der Waals surface area contributed by atoms with Crippen molar-refractivity contribution in [2.45, 2.75) is 73.1 Å². The third-order valence-corrected chi connectivity index (χ3v) is 10.0.